The van der Waals surface area contributed by atoms with Gasteiger partial charge in [0.2, 0.25) is 0 Å². The third-order valence-electron chi connectivity index (χ3n) is 4.11. The van der Waals surface area contributed by atoms with Crippen molar-refractivity contribution in [2.24, 2.45) is 5.92 Å². The van der Waals surface area contributed by atoms with E-state index in [0.29, 0.717) is 11.7 Å². The van der Waals surface area contributed by atoms with Crippen molar-refractivity contribution in [2.45, 2.75) is 44.8 Å². The van der Waals surface area contributed by atoms with Crippen LogP contribution in [0.2, 0.25) is 0 Å². The van der Waals surface area contributed by atoms with Gasteiger partial charge in [0.05, 0.1) is 5.56 Å². The molecule has 1 nitrogen and oxygen atoms in total. The zero-order valence-corrected chi connectivity index (χ0v) is 11.4. The van der Waals surface area contributed by atoms with Crippen molar-refractivity contribution in [2.75, 3.05) is 11.9 Å². The summed E-state index contributed by atoms with van der Waals surface area (Å²) >= 11 is 0. The standard InChI is InChI=1S/C15H20F3N/c1-11-6-8-13(9-7-11)19(2)14-5-3-4-12(10-14)15(16,17)18/h3-5,10-11,13H,6-9H2,1-2H3. The lowest BCUT2D eigenvalue weighted by atomic mass is 9.86. The number of hydrogen-bond acceptors (Lipinski definition) is 1. The zero-order chi connectivity index (χ0) is 14.0. The monoisotopic (exact) mass is 271 g/mol. The third-order valence-corrected chi connectivity index (χ3v) is 4.11. The first-order valence-corrected chi connectivity index (χ1v) is 6.78. The van der Waals surface area contributed by atoms with Gasteiger partial charge in [-0.05, 0) is 49.8 Å². The van der Waals surface area contributed by atoms with E-state index >= 15 is 0 Å². The Kier molecular flexibility index (Phi) is 4.07. The molecule has 0 aliphatic heterocycles. The molecule has 106 valence electrons. The van der Waals surface area contributed by atoms with E-state index in [-0.39, 0.29) is 0 Å². The van der Waals surface area contributed by atoms with Crippen molar-refractivity contribution in [3.05, 3.63) is 29.8 Å². The Labute approximate surface area is 112 Å². The fourth-order valence-electron chi connectivity index (χ4n) is 2.74. The van der Waals surface area contributed by atoms with Gasteiger partial charge in [-0.25, -0.2) is 0 Å². The van der Waals surface area contributed by atoms with Gasteiger partial charge in [0.1, 0.15) is 0 Å². The van der Waals surface area contributed by atoms with Gasteiger partial charge in [-0.3, -0.25) is 0 Å². The second-order valence-corrected chi connectivity index (χ2v) is 5.57. The average Bonchev–Trinajstić information content (AvgIpc) is 2.38. The van der Waals surface area contributed by atoms with Crippen LogP contribution >= 0.6 is 0 Å². The molecular formula is C15H20F3N. The van der Waals surface area contributed by atoms with Crippen molar-refractivity contribution in [1.29, 1.82) is 0 Å². The van der Waals surface area contributed by atoms with Crippen molar-refractivity contribution < 1.29 is 13.2 Å². The smallest absolute Gasteiger partial charge is 0.372 e. The van der Waals surface area contributed by atoms with E-state index in [2.05, 4.69) is 6.92 Å². The summed E-state index contributed by atoms with van der Waals surface area (Å²) in [6, 6.07) is 5.98. The average molecular weight is 271 g/mol. The number of benzene rings is 1. The van der Waals surface area contributed by atoms with E-state index in [1.165, 1.54) is 12.1 Å². The molecule has 1 aromatic rings. The molecule has 1 aliphatic carbocycles. The summed E-state index contributed by atoms with van der Waals surface area (Å²) < 4.78 is 38.1. The fourth-order valence-corrected chi connectivity index (χ4v) is 2.74. The molecule has 1 aromatic carbocycles. The topological polar surface area (TPSA) is 3.24 Å². The number of hydrogen-bond donors (Lipinski definition) is 0. The highest BCUT2D eigenvalue weighted by atomic mass is 19.4. The van der Waals surface area contributed by atoms with Gasteiger partial charge in [-0.2, -0.15) is 13.2 Å². The third kappa shape index (κ3) is 3.43. The van der Waals surface area contributed by atoms with Gasteiger partial charge in [0, 0.05) is 18.8 Å². The van der Waals surface area contributed by atoms with Crippen LogP contribution in [0.5, 0.6) is 0 Å². The minimum absolute atomic E-state index is 0.361. The van der Waals surface area contributed by atoms with Crippen LogP contribution in [0.25, 0.3) is 0 Å². The first kappa shape index (κ1) is 14.2. The summed E-state index contributed by atoms with van der Waals surface area (Å²) in [5, 5.41) is 0. The number of rotatable bonds is 2. The van der Waals surface area contributed by atoms with Crippen LogP contribution in [0, 0.1) is 5.92 Å². The lowest BCUT2D eigenvalue weighted by molar-refractivity contribution is -0.137. The quantitative estimate of drug-likeness (QED) is 0.752. The summed E-state index contributed by atoms with van der Waals surface area (Å²) in [6.07, 6.45) is 0.182. The summed E-state index contributed by atoms with van der Waals surface area (Å²) in [5.41, 5.74) is 0.0930. The molecule has 0 heterocycles. The van der Waals surface area contributed by atoms with E-state index in [1.54, 1.807) is 6.07 Å². The highest BCUT2D eigenvalue weighted by Crippen LogP contribution is 2.34. The van der Waals surface area contributed by atoms with Crippen LogP contribution in [0.3, 0.4) is 0 Å². The molecule has 0 radical (unpaired) electrons. The van der Waals surface area contributed by atoms with E-state index < -0.39 is 11.7 Å². The first-order valence-electron chi connectivity index (χ1n) is 6.78. The van der Waals surface area contributed by atoms with Crippen LogP contribution in [0.4, 0.5) is 18.9 Å². The van der Waals surface area contributed by atoms with Gasteiger partial charge in [-0.15, -0.1) is 0 Å². The maximum Gasteiger partial charge on any atom is 0.416 e. The van der Waals surface area contributed by atoms with Crippen molar-refractivity contribution in [3.63, 3.8) is 0 Å². The van der Waals surface area contributed by atoms with Crippen LogP contribution in [0.1, 0.15) is 38.2 Å². The maximum atomic E-state index is 12.7. The molecule has 0 bridgehead atoms. The molecule has 0 saturated heterocycles. The van der Waals surface area contributed by atoms with E-state index in [4.69, 9.17) is 0 Å². The molecule has 1 fully saturated rings. The first-order chi connectivity index (χ1) is 8.88. The van der Waals surface area contributed by atoms with Gasteiger partial charge in [0.25, 0.3) is 0 Å². The summed E-state index contributed by atoms with van der Waals surface area (Å²) in [6.45, 7) is 2.24. The van der Waals surface area contributed by atoms with Gasteiger partial charge >= 0.3 is 6.18 Å². The Hall–Kier alpha value is -1.19. The molecule has 1 saturated carbocycles. The summed E-state index contributed by atoms with van der Waals surface area (Å²) in [4.78, 5) is 2.00. The highest BCUT2D eigenvalue weighted by Gasteiger charge is 2.31. The summed E-state index contributed by atoms with van der Waals surface area (Å²) in [7, 11) is 1.90. The van der Waals surface area contributed by atoms with Crippen molar-refractivity contribution in [3.8, 4) is 0 Å². The predicted octanol–water partition coefficient (Wildman–Crippen LogP) is 4.72. The van der Waals surface area contributed by atoms with Gasteiger partial charge in [0.15, 0.2) is 0 Å². The second-order valence-electron chi connectivity index (χ2n) is 5.57. The molecule has 0 N–H and O–H groups in total. The molecule has 0 unspecified atom stereocenters. The van der Waals surface area contributed by atoms with Crippen LogP contribution < -0.4 is 4.90 Å². The van der Waals surface area contributed by atoms with Gasteiger partial charge in [-0.1, -0.05) is 13.0 Å². The van der Waals surface area contributed by atoms with E-state index in [1.807, 2.05) is 11.9 Å². The predicted molar refractivity (Wildman–Crippen MR) is 71.3 cm³/mol. The molecule has 0 amide bonds. The number of nitrogens with zero attached hydrogens (tertiary/aromatic N) is 1. The van der Waals surface area contributed by atoms with E-state index in [9.17, 15) is 13.2 Å². The molecule has 4 heteroatoms. The number of anilines is 1. The zero-order valence-electron chi connectivity index (χ0n) is 11.4. The molecule has 0 atom stereocenters. The molecule has 0 aromatic heterocycles. The summed E-state index contributed by atoms with van der Waals surface area (Å²) in [5.74, 6) is 0.742. The van der Waals surface area contributed by atoms with E-state index in [0.717, 1.165) is 37.7 Å². The highest BCUT2D eigenvalue weighted by molar-refractivity contribution is 5.49. The SMILES string of the molecule is CC1CCC(N(C)c2cccc(C(F)(F)F)c2)CC1. The normalized spacial score (nSPS) is 24.3. The lowest BCUT2D eigenvalue weighted by Crippen LogP contribution is -2.34. The lowest BCUT2D eigenvalue weighted by Gasteiger charge is -2.35. The van der Waals surface area contributed by atoms with Gasteiger partial charge < -0.3 is 4.90 Å². The van der Waals surface area contributed by atoms with Crippen molar-refractivity contribution in [1.82, 2.24) is 0 Å². The Morgan fingerprint density at radius 2 is 1.74 bits per heavy atom. The maximum absolute atomic E-state index is 12.7. The van der Waals surface area contributed by atoms with Crippen LogP contribution in [-0.4, -0.2) is 13.1 Å². The van der Waals surface area contributed by atoms with Crippen LogP contribution in [-0.2, 0) is 6.18 Å². The molecule has 1 aliphatic rings. The molecular weight excluding hydrogens is 251 g/mol. The van der Waals surface area contributed by atoms with Crippen molar-refractivity contribution >= 4 is 5.69 Å². The minimum atomic E-state index is -4.27. The van der Waals surface area contributed by atoms with Crippen LogP contribution in [0.15, 0.2) is 24.3 Å². The Balaban J connectivity index is 2.13. The fraction of sp³-hybridized carbons (Fsp3) is 0.600. The Morgan fingerprint density at radius 3 is 2.32 bits per heavy atom. The Bertz CT molecular complexity index is 420. The molecule has 19 heavy (non-hydrogen) atoms. The second kappa shape index (κ2) is 5.43. The molecule has 2 rings (SSSR count). The Morgan fingerprint density at radius 1 is 1.11 bits per heavy atom. The molecule has 0 spiro atoms. The number of halogens is 3. The largest absolute Gasteiger partial charge is 0.416 e. The minimum Gasteiger partial charge on any atom is -0.372 e. The number of alkyl halides is 3.